The standard InChI is InChI=1S/C19H25NO4/c1-13(10-14(2)21)19(24)20-12-16(22)11-17(20)18(23)9-8-15-6-4-3-5-7-15/h3-7,13,16-17,22H,8-12H2,1-2H3/t13-,16-,17+/m1/s1. The van der Waals surface area contributed by atoms with Gasteiger partial charge in [0.25, 0.3) is 0 Å². The first kappa shape index (κ1) is 18.3. The van der Waals surface area contributed by atoms with Crippen LogP contribution in [0, 0.1) is 5.92 Å². The lowest BCUT2D eigenvalue weighted by Gasteiger charge is -2.26. The summed E-state index contributed by atoms with van der Waals surface area (Å²) in [5, 5.41) is 9.90. The molecule has 2 rings (SSSR count). The van der Waals surface area contributed by atoms with E-state index < -0.39 is 18.1 Å². The molecule has 1 N–H and O–H groups in total. The molecular formula is C19H25NO4. The Hall–Kier alpha value is -2.01. The number of aliphatic hydroxyl groups is 1. The van der Waals surface area contributed by atoms with E-state index in [1.807, 2.05) is 30.3 Å². The third-order valence-electron chi connectivity index (χ3n) is 4.45. The maximum Gasteiger partial charge on any atom is 0.226 e. The van der Waals surface area contributed by atoms with E-state index in [-0.39, 0.29) is 36.9 Å². The van der Waals surface area contributed by atoms with Crippen LogP contribution >= 0.6 is 0 Å². The molecule has 0 aliphatic carbocycles. The van der Waals surface area contributed by atoms with Crippen LogP contribution in [-0.2, 0) is 20.8 Å². The Balaban J connectivity index is 1.99. The van der Waals surface area contributed by atoms with Gasteiger partial charge in [-0.05, 0) is 18.9 Å². The number of β-amino-alcohol motifs (C(OH)–C–C–N with tert-alkyl or cyclic N) is 1. The first-order chi connectivity index (χ1) is 11.4. The van der Waals surface area contributed by atoms with Crippen molar-refractivity contribution in [3.8, 4) is 0 Å². The molecule has 0 aromatic heterocycles. The molecule has 24 heavy (non-hydrogen) atoms. The van der Waals surface area contributed by atoms with Gasteiger partial charge in [-0.2, -0.15) is 0 Å². The second kappa shape index (κ2) is 8.20. The molecule has 1 heterocycles. The molecule has 3 atom stereocenters. The molecule has 1 amide bonds. The lowest BCUT2D eigenvalue weighted by Crippen LogP contribution is -2.43. The highest BCUT2D eigenvalue weighted by Gasteiger charge is 2.39. The SMILES string of the molecule is CC(=O)C[C@@H](C)C(=O)N1C[C@H](O)C[C@H]1C(=O)CCc1ccccc1. The zero-order chi connectivity index (χ0) is 17.7. The van der Waals surface area contributed by atoms with Crippen molar-refractivity contribution < 1.29 is 19.5 Å². The van der Waals surface area contributed by atoms with Crippen LogP contribution in [0.3, 0.4) is 0 Å². The number of benzene rings is 1. The van der Waals surface area contributed by atoms with E-state index in [0.717, 1.165) is 5.56 Å². The van der Waals surface area contributed by atoms with Gasteiger partial charge in [0.15, 0.2) is 5.78 Å². The lowest BCUT2D eigenvalue weighted by atomic mass is 9.99. The summed E-state index contributed by atoms with van der Waals surface area (Å²) in [5.74, 6) is -0.765. The molecule has 1 saturated heterocycles. The van der Waals surface area contributed by atoms with Gasteiger partial charge in [-0.3, -0.25) is 9.59 Å². The zero-order valence-electron chi connectivity index (χ0n) is 14.3. The second-order valence-electron chi connectivity index (χ2n) is 6.66. The van der Waals surface area contributed by atoms with Crippen LogP contribution in [0.15, 0.2) is 30.3 Å². The van der Waals surface area contributed by atoms with Crippen LogP contribution in [0.5, 0.6) is 0 Å². The number of aryl methyl sites for hydroxylation is 1. The Morgan fingerprint density at radius 1 is 1.25 bits per heavy atom. The first-order valence-corrected chi connectivity index (χ1v) is 8.43. The number of aliphatic hydroxyl groups excluding tert-OH is 1. The molecular weight excluding hydrogens is 306 g/mol. The average Bonchev–Trinajstić information content (AvgIpc) is 2.94. The van der Waals surface area contributed by atoms with Gasteiger partial charge in [0.2, 0.25) is 5.91 Å². The summed E-state index contributed by atoms with van der Waals surface area (Å²) in [4.78, 5) is 37.8. The summed E-state index contributed by atoms with van der Waals surface area (Å²) >= 11 is 0. The van der Waals surface area contributed by atoms with E-state index in [4.69, 9.17) is 0 Å². The van der Waals surface area contributed by atoms with E-state index >= 15 is 0 Å². The molecule has 0 spiro atoms. The summed E-state index contributed by atoms with van der Waals surface area (Å²) in [5.41, 5.74) is 1.08. The maximum absolute atomic E-state index is 12.6. The topological polar surface area (TPSA) is 74.7 Å². The Bertz CT molecular complexity index is 599. The van der Waals surface area contributed by atoms with Crippen molar-refractivity contribution in [2.75, 3.05) is 6.54 Å². The summed E-state index contributed by atoms with van der Waals surface area (Å²) in [6.45, 7) is 3.31. The number of hydrogen-bond donors (Lipinski definition) is 1. The molecule has 1 aromatic rings. The lowest BCUT2D eigenvalue weighted by molar-refractivity contribution is -0.141. The Morgan fingerprint density at radius 3 is 2.54 bits per heavy atom. The van der Waals surface area contributed by atoms with Gasteiger partial charge in [-0.15, -0.1) is 0 Å². The third-order valence-corrected chi connectivity index (χ3v) is 4.45. The van der Waals surface area contributed by atoms with Gasteiger partial charge in [-0.1, -0.05) is 37.3 Å². The van der Waals surface area contributed by atoms with E-state index in [1.165, 1.54) is 11.8 Å². The molecule has 0 radical (unpaired) electrons. The van der Waals surface area contributed by atoms with Crippen molar-refractivity contribution in [1.82, 2.24) is 4.90 Å². The number of amides is 1. The smallest absolute Gasteiger partial charge is 0.226 e. The number of rotatable bonds is 7. The fourth-order valence-corrected chi connectivity index (χ4v) is 3.24. The van der Waals surface area contributed by atoms with Gasteiger partial charge in [0.1, 0.15) is 5.78 Å². The highest BCUT2D eigenvalue weighted by atomic mass is 16.3. The van der Waals surface area contributed by atoms with E-state index in [2.05, 4.69) is 0 Å². The first-order valence-electron chi connectivity index (χ1n) is 8.43. The highest BCUT2D eigenvalue weighted by molar-refractivity contribution is 5.92. The minimum Gasteiger partial charge on any atom is -0.391 e. The second-order valence-corrected chi connectivity index (χ2v) is 6.66. The quantitative estimate of drug-likeness (QED) is 0.826. The molecule has 5 heteroatoms. The maximum atomic E-state index is 12.6. The molecule has 0 unspecified atom stereocenters. The summed E-state index contributed by atoms with van der Waals surface area (Å²) in [6, 6.07) is 9.14. The van der Waals surface area contributed by atoms with Crippen LogP contribution in [0.4, 0.5) is 0 Å². The molecule has 1 fully saturated rings. The minimum absolute atomic E-state index is 0.0289. The van der Waals surface area contributed by atoms with Crippen LogP contribution < -0.4 is 0 Å². The molecule has 5 nitrogen and oxygen atoms in total. The van der Waals surface area contributed by atoms with E-state index in [1.54, 1.807) is 6.92 Å². The fourth-order valence-electron chi connectivity index (χ4n) is 3.24. The Morgan fingerprint density at radius 2 is 1.92 bits per heavy atom. The third kappa shape index (κ3) is 4.74. The fraction of sp³-hybridized carbons (Fsp3) is 0.526. The summed E-state index contributed by atoms with van der Waals surface area (Å²) in [7, 11) is 0. The Kier molecular flexibility index (Phi) is 6.26. The normalized spacial score (nSPS) is 21.5. The average molecular weight is 331 g/mol. The number of carbonyl (C=O) groups is 3. The molecule has 1 aromatic carbocycles. The van der Waals surface area contributed by atoms with Gasteiger partial charge >= 0.3 is 0 Å². The molecule has 130 valence electrons. The van der Waals surface area contributed by atoms with Crippen molar-refractivity contribution in [3.05, 3.63) is 35.9 Å². The predicted molar refractivity (Wildman–Crippen MR) is 90.4 cm³/mol. The number of hydrogen-bond acceptors (Lipinski definition) is 4. The van der Waals surface area contributed by atoms with Gasteiger partial charge < -0.3 is 14.8 Å². The molecule has 1 aliphatic heterocycles. The molecule has 0 saturated carbocycles. The Labute approximate surface area is 142 Å². The predicted octanol–water partition coefficient (Wildman–Crippen LogP) is 1.77. The number of carbonyl (C=O) groups excluding carboxylic acids is 3. The van der Waals surface area contributed by atoms with Gasteiger partial charge in [0, 0.05) is 31.7 Å². The summed E-state index contributed by atoms with van der Waals surface area (Å²) < 4.78 is 0. The van der Waals surface area contributed by atoms with Crippen molar-refractivity contribution in [2.24, 2.45) is 5.92 Å². The number of ketones is 2. The van der Waals surface area contributed by atoms with Crippen LogP contribution in [0.1, 0.15) is 38.7 Å². The summed E-state index contributed by atoms with van der Waals surface area (Å²) in [6.07, 6.45) is 0.732. The van der Waals surface area contributed by atoms with Gasteiger partial charge in [-0.25, -0.2) is 0 Å². The van der Waals surface area contributed by atoms with Crippen molar-refractivity contribution >= 4 is 17.5 Å². The van der Waals surface area contributed by atoms with Crippen molar-refractivity contribution in [2.45, 2.75) is 51.7 Å². The number of likely N-dealkylation sites (tertiary alicyclic amines) is 1. The molecule has 1 aliphatic rings. The number of nitrogens with zero attached hydrogens (tertiary/aromatic N) is 1. The largest absolute Gasteiger partial charge is 0.391 e. The van der Waals surface area contributed by atoms with Gasteiger partial charge in [0.05, 0.1) is 12.1 Å². The zero-order valence-corrected chi connectivity index (χ0v) is 14.3. The minimum atomic E-state index is -0.677. The highest BCUT2D eigenvalue weighted by Crippen LogP contribution is 2.23. The van der Waals surface area contributed by atoms with Crippen molar-refractivity contribution in [3.63, 3.8) is 0 Å². The van der Waals surface area contributed by atoms with Crippen LogP contribution in [0.2, 0.25) is 0 Å². The van der Waals surface area contributed by atoms with Crippen molar-refractivity contribution in [1.29, 1.82) is 0 Å². The van der Waals surface area contributed by atoms with Crippen LogP contribution in [-0.4, -0.2) is 46.2 Å². The van der Waals surface area contributed by atoms with E-state index in [9.17, 15) is 19.5 Å². The number of Topliss-reactive ketones (excluding diaryl/α,β-unsaturated/α-hetero) is 2. The van der Waals surface area contributed by atoms with Crippen LogP contribution in [0.25, 0.3) is 0 Å². The van der Waals surface area contributed by atoms with E-state index in [0.29, 0.717) is 12.8 Å². The molecule has 0 bridgehead atoms. The monoisotopic (exact) mass is 331 g/mol.